The second kappa shape index (κ2) is 7.75. The van der Waals surface area contributed by atoms with E-state index in [1.165, 1.54) is 5.56 Å². The fourth-order valence-electron chi connectivity index (χ4n) is 2.90. The highest BCUT2D eigenvalue weighted by Gasteiger charge is 2.19. The van der Waals surface area contributed by atoms with Gasteiger partial charge in [0.05, 0.1) is 16.6 Å². The Bertz CT molecular complexity index is 1010. The number of thioether (sulfide) groups is 1. The lowest BCUT2D eigenvalue weighted by molar-refractivity contribution is 0.762. The maximum Gasteiger partial charge on any atom is 0.169 e. The van der Waals surface area contributed by atoms with Crippen LogP contribution in [0.5, 0.6) is 0 Å². The average molecular weight is 376 g/mol. The van der Waals surface area contributed by atoms with Crippen LogP contribution in [0.4, 0.5) is 0 Å². The van der Waals surface area contributed by atoms with Crippen LogP contribution in [0, 0.1) is 6.92 Å². The Hall–Kier alpha value is -2.93. The second-order valence-electron chi connectivity index (χ2n) is 6.32. The Morgan fingerprint density at radius 2 is 1.74 bits per heavy atom. The molecule has 27 heavy (non-hydrogen) atoms. The number of imidazole rings is 1. The summed E-state index contributed by atoms with van der Waals surface area (Å²) in [5, 5.41) is 13.2. The number of benzene rings is 2. The van der Waals surface area contributed by atoms with Crippen LogP contribution in [0.1, 0.15) is 34.9 Å². The molecule has 2 aromatic carbocycles. The number of H-pyrrole nitrogens is 1. The molecule has 136 valence electrons. The van der Waals surface area contributed by atoms with E-state index in [0.29, 0.717) is 0 Å². The van der Waals surface area contributed by atoms with E-state index in [-0.39, 0.29) is 5.25 Å². The zero-order valence-corrected chi connectivity index (χ0v) is 16.0. The molecule has 1 atom stereocenters. The molecular formula is C20H20N6S. The zero-order chi connectivity index (χ0) is 18.6. The molecule has 0 saturated heterocycles. The summed E-state index contributed by atoms with van der Waals surface area (Å²) in [5.74, 6) is 0.796. The lowest BCUT2D eigenvalue weighted by atomic mass is 10.1. The molecule has 0 fully saturated rings. The van der Waals surface area contributed by atoms with Gasteiger partial charge in [-0.3, -0.25) is 0 Å². The topological polar surface area (TPSA) is 72.3 Å². The van der Waals surface area contributed by atoms with Crippen molar-refractivity contribution in [3.63, 3.8) is 0 Å². The Morgan fingerprint density at radius 3 is 2.48 bits per heavy atom. The number of rotatable bonds is 6. The quantitative estimate of drug-likeness (QED) is 0.512. The van der Waals surface area contributed by atoms with Crippen LogP contribution in [0.25, 0.3) is 5.69 Å². The van der Waals surface area contributed by atoms with E-state index in [1.807, 2.05) is 36.4 Å². The molecule has 0 aliphatic carbocycles. The third-order valence-corrected chi connectivity index (χ3v) is 5.31. The van der Waals surface area contributed by atoms with Crippen molar-refractivity contribution in [1.82, 2.24) is 30.2 Å². The fraction of sp³-hybridized carbons (Fsp3) is 0.200. The van der Waals surface area contributed by atoms with Gasteiger partial charge in [-0.1, -0.05) is 60.3 Å². The highest BCUT2D eigenvalue weighted by Crippen LogP contribution is 2.33. The molecule has 0 unspecified atom stereocenters. The summed E-state index contributed by atoms with van der Waals surface area (Å²) in [6, 6.07) is 20.3. The first kappa shape index (κ1) is 17.5. The van der Waals surface area contributed by atoms with Gasteiger partial charge in [0.15, 0.2) is 11.0 Å². The number of hydrogen-bond acceptors (Lipinski definition) is 5. The molecule has 0 saturated carbocycles. The average Bonchev–Trinajstić information content (AvgIpc) is 3.31. The lowest BCUT2D eigenvalue weighted by Gasteiger charge is -2.09. The molecule has 4 aromatic rings. The first-order valence-electron chi connectivity index (χ1n) is 8.80. The second-order valence-corrected chi connectivity index (χ2v) is 7.65. The van der Waals surface area contributed by atoms with Crippen LogP contribution in [0.15, 0.2) is 65.8 Å². The largest absolute Gasteiger partial charge is 0.337 e. The van der Waals surface area contributed by atoms with Gasteiger partial charge in [-0.05, 0) is 42.0 Å². The standard InChI is InChI=1S/C20H20N6S/c1-14-18(13-16-9-5-3-6-10-16)22-20(21-14)27-15(2)19-23-24-25-26(19)17-11-7-4-8-12-17/h3-12,15H,13H2,1-2H3,(H,21,22)/t15-/m1/s1. The predicted molar refractivity (Wildman–Crippen MR) is 106 cm³/mol. The van der Waals surface area contributed by atoms with E-state index in [4.69, 9.17) is 4.98 Å². The number of hydrogen-bond donors (Lipinski definition) is 1. The number of para-hydroxylation sites is 1. The third-order valence-electron chi connectivity index (χ3n) is 4.32. The summed E-state index contributed by atoms with van der Waals surface area (Å²) in [6.07, 6.45) is 0.819. The molecular weight excluding hydrogens is 356 g/mol. The number of aryl methyl sites for hydroxylation is 1. The molecule has 0 radical (unpaired) electrons. The molecule has 1 N–H and O–H groups in total. The van der Waals surface area contributed by atoms with Crippen LogP contribution in [0.2, 0.25) is 0 Å². The van der Waals surface area contributed by atoms with Gasteiger partial charge in [-0.25, -0.2) is 4.98 Å². The summed E-state index contributed by atoms with van der Waals surface area (Å²) < 4.78 is 1.78. The summed E-state index contributed by atoms with van der Waals surface area (Å²) >= 11 is 1.63. The molecule has 7 heteroatoms. The molecule has 2 aromatic heterocycles. The molecule has 4 rings (SSSR count). The maximum absolute atomic E-state index is 4.79. The van der Waals surface area contributed by atoms with Crippen molar-refractivity contribution in [3.8, 4) is 5.69 Å². The summed E-state index contributed by atoms with van der Waals surface area (Å²) in [4.78, 5) is 8.18. The van der Waals surface area contributed by atoms with Crippen molar-refractivity contribution in [2.45, 2.75) is 30.7 Å². The summed E-state index contributed by atoms with van der Waals surface area (Å²) in [6.45, 7) is 4.15. The lowest BCUT2D eigenvalue weighted by Crippen LogP contribution is -2.05. The summed E-state index contributed by atoms with van der Waals surface area (Å²) in [5.41, 5.74) is 4.37. The number of tetrazole rings is 1. The molecule has 2 heterocycles. The van der Waals surface area contributed by atoms with Crippen LogP contribution < -0.4 is 0 Å². The van der Waals surface area contributed by atoms with E-state index in [9.17, 15) is 0 Å². The Morgan fingerprint density at radius 1 is 1.04 bits per heavy atom. The van der Waals surface area contributed by atoms with E-state index < -0.39 is 0 Å². The molecule has 0 aliphatic heterocycles. The highest BCUT2D eigenvalue weighted by molar-refractivity contribution is 7.99. The molecule has 0 bridgehead atoms. The van der Waals surface area contributed by atoms with Gasteiger partial charge in [0, 0.05) is 12.1 Å². The Kier molecular flexibility index (Phi) is 5.02. The van der Waals surface area contributed by atoms with Crippen molar-refractivity contribution in [3.05, 3.63) is 83.4 Å². The fourth-order valence-corrected chi connectivity index (χ4v) is 3.87. The minimum atomic E-state index is 0.0512. The van der Waals surface area contributed by atoms with Gasteiger partial charge in [0.2, 0.25) is 0 Å². The molecule has 0 amide bonds. The van der Waals surface area contributed by atoms with Gasteiger partial charge >= 0.3 is 0 Å². The number of nitrogens with zero attached hydrogens (tertiary/aromatic N) is 5. The van der Waals surface area contributed by atoms with Crippen LogP contribution in [-0.2, 0) is 6.42 Å². The summed E-state index contributed by atoms with van der Waals surface area (Å²) in [7, 11) is 0. The monoisotopic (exact) mass is 376 g/mol. The van der Waals surface area contributed by atoms with Crippen molar-refractivity contribution in [1.29, 1.82) is 0 Å². The van der Waals surface area contributed by atoms with Crippen LogP contribution in [0.3, 0.4) is 0 Å². The van der Waals surface area contributed by atoms with Gasteiger partial charge in [0.1, 0.15) is 0 Å². The maximum atomic E-state index is 4.79. The Balaban J connectivity index is 1.52. The molecule has 0 aliphatic rings. The predicted octanol–water partition coefficient (Wildman–Crippen LogP) is 4.14. The zero-order valence-electron chi connectivity index (χ0n) is 15.2. The van der Waals surface area contributed by atoms with E-state index in [1.54, 1.807) is 16.4 Å². The van der Waals surface area contributed by atoms with Gasteiger partial charge < -0.3 is 4.98 Å². The normalized spacial score (nSPS) is 12.2. The SMILES string of the molecule is Cc1[nH]c(S[C@H](C)c2nnnn2-c2ccccc2)nc1Cc1ccccc1. The highest BCUT2D eigenvalue weighted by atomic mass is 32.2. The van der Waals surface area contributed by atoms with Gasteiger partial charge in [-0.2, -0.15) is 4.68 Å². The Labute approximate surface area is 162 Å². The minimum absolute atomic E-state index is 0.0512. The third kappa shape index (κ3) is 3.93. The molecule has 0 spiro atoms. The number of aromatic nitrogens is 6. The van der Waals surface area contributed by atoms with Crippen LogP contribution >= 0.6 is 11.8 Å². The number of nitrogens with one attached hydrogen (secondary N) is 1. The van der Waals surface area contributed by atoms with Crippen molar-refractivity contribution >= 4 is 11.8 Å². The van der Waals surface area contributed by atoms with Crippen molar-refractivity contribution < 1.29 is 0 Å². The van der Waals surface area contributed by atoms with E-state index in [2.05, 4.69) is 58.6 Å². The molecule has 6 nitrogen and oxygen atoms in total. The van der Waals surface area contributed by atoms with Crippen molar-refractivity contribution in [2.75, 3.05) is 0 Å². The number of aromatic amines is 1. The first-order valence-corrected chi connectivity index (χ1v) is 9.68. The van der Waals surface area contributed by atoms with Crippen LogP contribution in [-0.4, -0.2) is 30.2 Å². The van der Waals surface area contributed by atoms with Crippen molar-refractivity contribution in [2.24, 2.45) is 0 Å². The van der Waals surface area contributed by atoms with E-state index >= 15 is 0 Å². The van der Waals surface area contributed by atoms with E-state index in [0.717, 1.165) is 34.5 Å². The van der Waals surface area contributed by atoms with Gasteiger partial charge in [0.25, 0.3) is 0 Å². The minimum Gasteiger partial charge on any atom is -0.337 e. The van der Waals surface area contributed by atoms with Gasteiger partial charge in [-0.15, -0.1) is 5.10 Å². The first-order chi connectivity index (χ1) is 13.2. The smallest absolute Gasteiger partial charge is 0.169 e.